The van der Waals surface area contributed by atoms with E-state index < -0.39 is 11.7 Å². The molecule has 0 radical (unpaired) electrons. The average Bonchev–Trinajstić information content (AvgIpc) is 3.73. The Balaban J connectivity index is 1.45. The van der Waals surface area contributed by atoms with Crippen molar-refractivity contribution in [3.63, 3.8) is 0 Å². The maximum absolute atomic E-state index is 11.0. The highest BCUT2D eigenvalue weighted by atomic mass is 35.5. The summed E-state index contributed by atoms with van der Waals surface area (Å²) in [6.07, 6.45) is 2.45. The molecule has 2 aromatic heterocycles. The summed E-state index contributed by atoms with van der Waals surface area (Å²) in [7, 11) is 3.10. The number of nitrogens with one attached hydrogen (secondary N) is 1. The van der Waals surface area contributed by atoms with E-state index in [1.165, 1.54) is 7.11 Å². The number of amides is 1. The molecule has 1 amide bonds. The lowest BCUT2D eigenvalue weighted by Gasteiger charge is -2.16. The summed E-state index contributed by atoms with van der Waals surface area (Å²) in [4.78, 5) is 20.2. The van der Waals surface area contributed by atoms with Gasteiger partial charge >= 0.3 is 6.09 Å². The lowest BCUT2D eigenvalue weighted by molar-refractivity contribution is 0.147. The van der Waals surface area contributed by atoms with Crippen molar-refractivity contribution in [1.82, 2.24) is 15.3 Å². The van der Waals surface area contributed by atoms with Gasteiger partial charge in [-0.05, 0) is 37.1 Å². The number of pyridine rings is 2. The highest BCUT2D eigenvalue weighted by molar-refractivity contribution is 6.39. The molecule has 4 N–H and O–H groups in total. The van der Waals surface area contributed by atoms with E-state index in [0.29, 0.717) is 62.5 Å². The number of methoxy groups -OCH3 is 2. The molecular weight excluding hydrogens is 579 g/mol. The summed E-state index contributed by atoms with van der Waals surface area (Å²) in [5.41, 5.74) is 10.0. The maximum Gasteiger partial charge on any atom is 0.404 e. The fourth-order valence-electron chi connectivity index (χ4n) is 4.63. The first-order valence-corrected chi connectivity index (χ1v) is 14.0. The molecule has 11 heteroatoms. The Kier molecular flexibility index (Phi) is 8.84. The first-order valence-electron chi connectivity index (χ1n) is 13.2. The van der Waals surface area contributed by atoms with Gasteiger partial charge in [0.25, 0.3) is 0 Å². The summed E-state index contributed by atoms with van der Waals surface area (Å²) in [5.74, 6) is 0.978. The van der Waals surface area contributed by atoms with Gasteiger partial charge in [0.15, 0.2) is 0 Å². The van der Waals surface area contributed by atoms with Gasteiger partial charge in [0.1, 0.15) is 12.4 Å². The van der Waals surface area contributed by atoms with Crippen molar-refractivity contribution in [3.05, 3.63) is 82.0 Å². The lowest BCUT2D eigenvalue weighted by atomic mass is 9.99. The van der Waals surface area contributed by atoms with Crippen LogP contribution in [0, 0.1) is 0 Å². The van der Waals surface area contributed by atoms with Gasteiger partial charge in [-0.1, -0.05) is 53.5 Å². The van der Waals surface area contributed by atoms with Crippen molar-refractivity contribution in [2.45, 2.75) is 31.6 Å². The second kappa shape index (κ2) is 12.5. The van der Waals surface area contributed by atoms with E-state index >= 15 is 0 Å². The largest absolute Gasteiger partial charge is 0.496 e. The van der Waals surface area contributed by atoms with Crippen LogP contribution in [-0.2, 0) is 17.9 Å². The zero-order valence-electron chi connectivity index (χ0n) is 23.1. The van der Waals surface area contributed by atoms with Crippen LogP contribution in [0.15, 0.2) is 60.8 Å². The van der Waals surface area contributed by atoms with E-state index in [9.17, 15) is 9.90 Å². The van der Waals surface area contributed by atoms with Crippen molar-refractivity contribution in [2.24, 2.45) is 5.73 Å². The van der Waals surface area contributed by atoms with Crippen LogP contribution in [0.3, 0.4) is 0 Å². The minimum atomic E-state index is -0.888. The molecule has 9 nitrogen and oxygen atoms in total. The smallest absolute Gasteiger partial charge is 0.404 e. The topological polar surface area (TPSA) is 129 Å². The fourth-order valence-corrected chi connectivity index (χ4v) is 5.28. The molecule has 0 saturated heterocycles. The van der Waals surface area contributed by atoms with Gasteiger partial charge < -0.3 is 30.4 Å². The molecule has 4 aromatic rings. The number of hydrogen-bond acceptors (Lipinski definition) is 8. The number of benzene rings is 2. The third-order valence-electron chi connectivity index (χ3n) is 7.11. The minimum absolute atomic E-state index is 0.0689. The predicted octanol–water partition coefficient (Wildman–Crippen LogP) is 6.01. The lowest BCUT2D eigenvalue weighted by Crippen LogP contribution is -2.27. The number of aromatic nitrogens is 2. The monoisotopic (exact) mass is 608 g/mol. The van der Waals surface area contributed by atoms with Crippen LogP contribution >= 0.6 is 23.2 Å². The first-order chi connectivity index (χ1) is 20.2. The van der Waals surface area contributed by atoms with Gasteiger partial charge in [-0.2, -0.15) is 0 Å². The van der Waals surface area contributed by atoms with Gasteiger partial charge in [0.05, 0.1) is 46.8 Å². The zero-order chi connectivity index (χ0) is 29.9. The van der Waals surface area contributed by atoms with Crippen LogP contribution in [0.25, 0.3) is 33.6 Å². The molecule has 1 saturated carbocycles. The van der Waals surface area contributed by atoms with Gasteiger partial charge in [-0.25, -0.2) is 9.78 Å². The highest BCUT2D eigenvalue weighted by Gasteiger charge is 2.39. The van der Waals surface area contributed by atoms with E-state index in [4.69, 9.17) is 43.1 Å². The third kappa shape index (κ3) is 6.44. The van der Waals surface area contributed by atoms with Crippen molar-refractivity contribution < 1.29 is 24.1 Å². The van der Waals surface area contributed by atoms with Crippen molar-refractivity contribution in [2.75, 3.05) is 20.8 Å². The van der Waals surface area contributed by atoms with Gasteiger partial charge in [0, 0.05) is 47.1 Å². The molecule has 218 valence electrons. The molecule has 0 aliphatic heterocycles. The number of carbonyl (C=O) groups is 1. The number of nitrogens with two attached hydrogens (primary N) is 1. The average molecular weight is 610 g/mol. The number of nitrogens with zero attached hydrogens (tertiary/aromatic N) is 2. The maximum atomic E-state index is 11.0. The molecule has 1 fully saturated rings. The van der Waals surface area contributed by atoms with Crippen molar-refractivity contribution in [1.29, 1.82) is 0 Å². The number of hydrogen-bond donors (Lipinski definition) is 3. The Morgan fingerprint density at radius 3 is 2.45 bits per heavy atom. The fraction of sp³-hybridized carbons (Fsp3) is 0.258. The summed E-state index contributed by atoms with van der Waals surface area (Å²) < 4.78 is 15.9. The Bertz CT molecular complexity index is 1630. The second-order valence-electron chi connectivity index (χ2n) is 10.0. The number of halogens is 2. The Morgan fingerprint density at radius 1 is 1.00 bits per heavy atom. The number of carbonyl (C=O) groups excluding carboxylic acids is 1. The van der Waals surface area contributed by atoms with Crippen LogP contribution in [-0.4, -0.2) is 47.5 Å². The Hall–Kier alpha value is -3.89. The Labute approximate surface area is 253 Å². The molecule has 0 spiro atoms. The summed E-state index contributed by atoms with van der Waals surface area (Å²) in [6, 6.07) is 16.7. The SMILES string of the molecule is COc1cc(-c2nccc(-c3cccc(-c4ccc(COC(N)=O)c(OC)n4)c3Cl)c2Cl)ccc1CNCC1(O)CC1. The van der Waals surface area contributed by atoms with Crippen LogP contribution in [0.1, 0.15) is 24.0 Å². The van der Waals surface area contributed by atoms with Crippen LogP contribution in [0.5, 0.6) is 11.6 Å². The second-order valence-corrected chi connectivity index (χ2v) is 10.8. The molecule has 0 bridgehead atoms. The molecule has 2 heterocycles. The van der Waals surface area contributed by atoms with Gasteiger partial charge in [0.2, 0.25) is 5.88 Å². The van der Waals surface area contributed by atoms with E-state index in [1.54, 1.807) is 25.4 Å². The zero-order valence-corrected chi connectivity index (χ0v) is 24.6. The van der Waals surface area contributed by atoms with Gasteiger partial charge in [-0.3, -0.25) is 4.98 Å². The quantitative estimate of drug-likeness (QED) is 0.189. The molecule has 1 aliphatic rings. The van der Waals surface area contributed by atoms with E-state index in [2.05, 4.69) is 15.3 Å². The molecule has 5 rings (SSSR count). The molecule has 2 aromatic carbocycles. The standard InChI is InChI=1S/C31H30Cl2N4O5/c1-40-25-14-18(6-7-19(25)15-35-17-31(39)11-12-31)28-27(33)22(10-13-36-28)21-4-3-5-23(26(21)32)24-9-8-20(16-42-30(34)38)29(37-24)41-2/h3-10,13-14,35,39H,11-12,15-17H2,1-2H3,(H2,34,38). The van der Waals surface area contributed by atoms with Crippen LogP contribution in [0.4, 0.5) is 4.79 Å². The third-order valence-corrected chi connectivity index (χ3v) is 7.90. The first kappa shape index (κ1) is 29.6. The molecule has 0 unspecified atom stereocenters. The van der Waals surface area contributed by atoms with Gasteiger partial charge in [-0.15, -0.1) is 0 Å². The number of aliphatic hydroxyl groups is 1. The molecule has 0 atom stereocenters. The van der Waals surface area contributed by atoms with Crippen LogP contribution < -0.4 is 20.5 Å². The molecule has 42 heavy (non-hydrogen) atoms. The van der Waals surface area contributed by atoms with Crippen molar-refractivity contribution >= 4 is 29.3 Å². The summed E-state index contributed by atoms with van der Waals surface area (Å²) in [5, 5.41) is 14.3. The van der Waals surface area contributed by atoms with E-state index in [1.807, 2.05) is 42.5 Å². The number of rotatable bonds is 11. The summed E-state index contributed by atoms with van der Waals surface area (Å²) >= 11 is 13.9. The number of primary amides is 1. The van der Waals surface area contributed by atoms with E-state index in [-0.39, 0.29) is 12.5 Å². The summed E-state index contributed by atoms with van der Waals surface area (Å²) in [6.45, 7) is 1.04. The number of ether oxygens (including phenoxy) is 3. The van der Waals surface area contributed by atoms with E-state index in [0.717, 1.165) is 24.0 Å². The Morgan fingerprint density at radius 2 is 1.74 bits per heavy atom. The highest BCUT2D eigenvalue weighted by Crippen LogP contribution is 2.42. The normalized spacial score (nSPS) is 13.5. The predicted molar refractivity (Wildman–Crippen MR) is 162 cm³/mol. The minimum Gasteiger partial charge on any atom is -0.496 e. The van der Waals surface area contributed by atoms with Crippen LogP contribution in [0.2, 0.25) is 10.0 Å². The molecular formula is C31H30Cl2N4O5. The molecule has 1 aliphatic carbocycles. The van der Waals surface area contributed by atoms with Crippen molar-refractivity contribution in [3.8, 4) is 45.3 Å².